The fourth-order valence-electron chi connectivity index (χ4n) is 2.22. The van der Waals surface area contributed by atoms with Crippen LogP contribution in [0.1, 0.15) is 33.1 Å². The first-order valence-electron chi connectivity index (χ1n) is 6.87. The van der Waals surface area contributed by atoms with Gasteiger partial charge in [-0.25, -0.2) is 0 Å². The maximum atomic E-state index is 11.6. The zero-order chi connectivity index (χ0) is 12.7. The highest BCUT2D eigenvalue weighted by molar-refractivity contribution is 5.77. The topological polar surface area (TPSA) is 35.6 Å². The van der Waals surface area contributed by atoms with Gasteiger partial charge in [-0.15, -0.1) is 0 Å². The van der Waals surface area contributed by atoms with Crippen molar-refractivity contribution in [2.45, 2.75) is 39.2 Å². The third-order valence-electron chi connectivity index (χ3n) is 3.57. The van der Waals surface area contributed by atoms with Gasteiger partial charge in [-0.05, 0) is 45.8 Å². The summed E-state index contributed by atoms with van der Waals surface area (Å²) in [5.74, 6) is 0.198. The minimum absolute atomic E-state index is 0.198. The first kappa shape index (κ1) is 14.5. The molecule has 0 aromatic rings. The molecule has 1 saturated heterocycles. The molecule has 0 aliphatic carbocycles. The number of rotatable bonds is 6. The third-order valence-corrected chi connectivity index (χ3v) is 3.57. The van der Waals surface area contributed by atoms with Crippen molar-refractivity contribution < 1.29 is 4.79 Å². The maximum Gasteiger partial charge on any atom is 0.236 e. The Kier molecular flexibility index (Phi) is 6.52. The first-order valence-corrected chi connectivity index (χ1v) is 6.87. The molecule has 0 aromatic heterocycles. The number of amides is 1. The van der Waals surface area contributed by atoms with Gasteiger partial charge >= 0.3 is 0 Å². The molecule has 0 bridgehead atoms. The van der Waals surface area contributed by atoms with Crippen LogP contribution in [-0.2, 0) is 4.79 Å². The Bertz CT molecular complexity index is 225. The summed E-state index contributed by atoms with van der Waals surface area (Å²) in [4.78, 5) is 15.9. The van der Waals surface area contributed by atoms with Gasteiger partial charge in [0.05, 0.1) is 6.54 Å². The molecule has 1 aliphatic rings. The molecule has 1 N–H and O–H groups in total. The Morgan fingerprint density at radius 1 is 1.35 bits per heavy atom. The molecule has 0 aromatic carbocycles. The van der Waals surface area contributed by atoms with Crippen LogP contribution in [0, 0.1) is 0 Å². The normalized spacial score (nSPS) is 18.3. The average Bonchev–Trinajstić information content (AvgIpc) is 2.37. The van der Waals surface area contributed by atoms with Crippen molar-refractivity contribution in [2.75, 3.05) is 39.8 Å². The number of nitrogens with zero attached hydrogens (tertiary/aromatic N) is 2. The summed E-state index contributed by atoms with van der Waals surface area (Å²) in [6.45, 7) is 9.06. The Morgan fingerprint density at radius 3 is 2.53 bits per heavy atom. The van der Waals surface area contributed by atoms with Crippen LogP contribution in [0.4, 0.5) is 0 Å². The van der Waals surface area contributed by atoms with Gasteiger partial charge < -0.3 is 15.1 Å². The number of carbonyl (C=O) groups excluding carboxylic acids is 1. The molecule has 4 nitrogen and oxygen atoms in total. The molecular formula is C13H27N3O. The third kappa shape index (κ3) is 5.04. The van der Waals surface area contributed by atoms with E-state index in [1.807, 2.05) is 14.0 Å². The summed E-state index contributed by atoms with van der Waals surface area (Å²) < 4.78 is 0. The number of likely N-dealkylation sites (tertiary alicyclic amines) is 1. The molecule has 0 saturated carbocycles. The molecule has 0 unspecified atom stereocenters. The monoisotopic (exact) mass is 241 g/mol. The lowest BCUT2D eigenvalue weighted by Crippen LogP contribution is -2.46. The van der Waals surface area contributed by atoms with E-state index in [1.165, 1.54) is 38.9 Å². The molecule has 100 valence electrons. The van der Waals surface area contributed by atoms with Gasteiger partial charge in [0, 0.05) is 19.6 Å². The minimum atomic E-state index is 0.198. The molecule has 1 rings (SSSR count). The maximum absolute atomic E-state index is 11.6. The van der Waals surface area contributed by atoms with Crippen LogP contribution in [0.3, 0.4) is 0 Å². The number of hydrogen-bond acceptors (Lipinski definition) is 3. The molecular weight excluding hydrogens is 214 g/mol. The fraction of sp³-hybridized carbons (Fsp3) is 0.923. The van der Waals surface area contributed by atoms with E-state index >= 15 is 0 Å². The second-order valence-corrected chi connectivity index (χ2v) is 4.90. The van der Waals surface area contributed by atoms with E-state index in [-0.39, 0.29) is 5.91 Å². The van der Waals surface area contributed by atoms with Gasteiger partial charge in [0.15, 0.2) is 0 Å². The van der Waals surface area contributed by atoms with Crippen molar-refractivity contribution in [2.24, 2.45) is 0 Å². The number of nitrogens with one attached hydrogen (secondary N) is 1. The molecule has 1 fully saturated rings. The van der Waals surface area contributed by atoms with Crippen LogP contribution in [0.25, 0.3) is 0 Å². The van der Waals surface area contributed by atoms with Crippen LogP contribution in [0.5, 0.6) is 0 Å². The van der Waals surface area contributed by atoms with Gasteiger partial charge in [0.1, 0.15) is 0 Å². The number of likely N-dealkylation sites (N-methyl/N-ethyl adjacent to an activating group) is 1. The summed E-state index contributed by atoms with van der Waals surface area (Å²) in [6.07, 6.45) is 3.57. The Hall–Kier alpha value is -0.610. The Labute approximate surface area is 105 Å². The molecule has 1 heterocycles. The summed E-state index contributed by atoms with van der Waals surface area (Å²) in [5, 5.41) is 3.38. The molecule has 0 radical (unpaired) electrons. The van der Waals surface area contributed by atoms with Gasteiger partial charge in [-0.1, -0.05) is 6.92 Å². The lowest BCUT2D eigenvalue weighted by atomic mass is 10.0. The SMILES string of the molecule is CCCN1CCC(NCC(=O)N(C)CC)CC1. The number of carbonyl (C=O) groups is 1. The van der Waals surface area contributed by atoms with Crippen LogP contribution < -0.4 is 5.32 Å². The van der Waals surface area contributed by atoms with E-state index in [0.717, 1.165) is 6.54 Å². The largest absolute Gasteiger partial charge is 0.345 e. The van der Waals surface area contributed by atoms with E-state index in [1.54, 1.807) is 4.90 Å². The van der Waals surface area contributed by atoms with Crippen molar-refractivity contribution in [1.82, 2.24) is 15.1 Å². The van der Waals surface area contributed by atoms with E-state index in [4.69, 9.17) is 0 Å². The van der Waals surface area contributed by atoms with Gasteiger partial charge in [0.2, 0.25) is 5.91 Å². The quantitative estimate of drug-likeness (QED) is 0.751. The fourth-order valence-corrected chi connectivity index (χ4v) is 2.22. The minimum Gasteiger partial charge on any atom is -0.345 e. The smallest absolute Gasteiger partial charge is 0.236 e. The van der Waals surface area contributed by atoms with Gasteiger partial charge in [0.25, 0.3) is 0 Å². The van der Waals surface area contributed by atoms with Crippen molar-refractivity contribution in [3.8, 4) is 0 Å². The predicted molar refractivity (Wildman–Crippen MR) is 71.1 cm³/mol. The molecule has 1 aliphatic heterocycles. The standard InChI is InChI=1S/C13H27N3O/c1-4-8-16-9-6-12(7-10-16)14-11-13(17)15(3)5-2/h12,14H,4-11H2,1-3H3. The zero-order valence-corrected chi connectivity index (χ0v) is 11.5. The van der Waals surface area contributed by atoms with E-state index in [0.29, 0.717) is 12.6 Å². The zero-order valence-electron chi connectivity index (χ0n) is 11.5. The summed E-state index contributed by atoms with van der Waals surface area (Å²) in [5.41, 5.74) is 0. The van der Waals surface area contributed by atoms with Crippen molar-refractivity contribution in [3.63, 3.8) is 0 Å². The van der Waals surface area contributed by atoms with Crippen LogP contribution in [0.2, 0.25) is 0 Å². The van der Waals surface area contributed by atoms with E-state index in [9.17, 15) is 4.79 Å². The van der Waals surface area contributed by atoms with Crippen molar-refractivity contribution in [1.29, 1.82) is 0 Å². The first-order chi connectivity index (χ1) is 8.17. The molecule has 17 heavy (non-hydrogen) atoms. The highest BCUT2D eigenvalue weighted by Gasteiger charge is 2.19. The molecule has 0 spiro atoms. The molecule has 1 amide bonds. The van der Waals surface area contributed by atoms with Gasteiger partial charge in [-0.3, -0.25) is 4.79 Å². The highest BCUT2D eigenvalue weighted by atomic mass is 16.2. The lowest BCUT2D eigenvalue weighted by Gasteiger charge is -2.32. The highest BCUT2D eigenvalue weighted by Crippen LogP contribution is 2.10. The summed E-state index contributed by atoms with van der Waals surface area (Å²) in [7, 11) is 1.86. The van der Waals surface area contributed by atoms with Crippen molar-refractivity contribution >= 4 is 5.91 Å². The van der Waals surface area contributed by atoms with E-state index in [2.05, 4.69) is 17.1 Å². The van der Waals surface area contributed by atoms with Crippen molar-refractivity contribution in [3.05, 3.63) is 0 Å². The second kappa shape index (κ2) is 7.67. The number of hydrogen-bond donors (Lipinski definition) is 1. The van der Waals surface area contributed by atoms with Gasteiger partial charge in [-0.2, -0.15) is 0 Å². The predicted octanol–water partition coefficient (Wildman–Crippen LogP) is 0.929. The summed E-state index contributed by atoms with van der Waals surface area (Å²) in [6, 6.07) is 0.525. The second-order valence-electron chi connectivity index (χ2n) is 4.90. The lowest BCUT2D eigenvalue weighted by molar-refractivity contribution is -0.128. The Balaban J connectivity index is 2.16. The Morgan fingerprint density at radius 2 is 2.00 bits per heavy atom. The summed E-state index contributed by atoms with van der Waals surface area (Å²) >= 11 is 0. The molecule has 4 heteroatoms. The average molecular weight is 241 g/mol. The van der Waals surface area contributed by atoms with Crippen LogP contribution >= 0.6 is 0 Å². The van der Waals surface area contributed by atoms with E-state index < -0.39 is 0 Å². The van der Waals surface area contributed by atoms with Crippen LogP contribution in [0.15, 0.2) is 0 Å². The number of piperidine rings is 1. The molecule has 0 atom stereocenters. The van der Waals surface area contributed by atoms with Crippen LogP contribution in [-0.4, -0.2) is 61.5 Å².